The smallest absolute Gasteiger partial charge is 0.0160 e. The van der Waals surface area contributed by atoms with Crippen LogP contribution < -0.4 is 0 Å². The van der Waals surface area contributed by atoms with Crippen LogP contribution in [-0.4, -0.2) is 47.2 Å². The van der Waals surface area contributed by atoms with Crippen LogP contribution >= 0.6 is 11.9 Å². The van der Waals surface area contributed by atoms with Crippen molar-refractivity contribution in [3.05, 3.63) is 0 Å². The van der Waals surface area contributed by atoms with Crippen molar-refractivity contribution in [2.75, 3.05) is 32.7 Å². The molecule has 3 heteroatoms. The van der Waals surface area contributed by atoms with E-state index in [1.165, 1.54) is 45.6 Å². The van der Waals surface area contributed by atoms with E-state index in [0.717, 1.165) is 5.25 Å². The van der Waals surface area contributed by atoms with Gasteiger partial charge < -0.3 is 4.90 Å². The number of rotatable bonds is 3. The van der Waals surface area contributed by atoms with Crippen LogP contribution in [0.25, 0.3) is 0 Å². The summed E-state index contributed by atoms with van der Waals surface area (Å²) in [7, 11) is 0. The molecule has 0 bridgehead atoms. The maximum absolute atomic E-state index is 2.59. The quantitative estimate of drug-likeness (QED) is 0.716. The van der Waals surface area contributed by atoms with Crippen LogP contribution in [0.3, 0.4) is 0 Å². The molecule has 2 heterocycles. The predicted octanol–water partition coefficient (Wildman–Crippen LogP) is 3.49. The third-order valence-corrected chi connectivity index (χ3v) is 4.73. The molecule has 0 saturated carbocycles. The van der Waals surface area contributed by atoms with Gasteiger partial charge in [0.25, 0.3) is 0 Å². The first-order valence-corrected chi connectivity index (χ1v) is 8.11. The molecule has 0 unspecified atom stereocenters. The van der Waals surface area contributed by atoms with Gasteiger partial charge in [-0.2, -0.15) is 0 Å². The maximum Gasteiger partial charge on any atom is 0.0160 e. The van der Waals surface area contributed by atoms with E-state index in [9.17, 15) is 0 Å². The summed E-state index contributed by atoms with van der Waals surface area (Å²) < 4.78 is 2.56. The predicted molar refractivity (Wildman–Crippen MR) is 79.4 cm³/mol. The topological polar surface area (TPSA) is 6.48 Å². The van der Waals surface area contributed by atoms with Gasteiger partial charge in [0, 0.05) is 23.8 Å². The zero-order chi connectivity index (χ0) is 12.9. The Bertz CT molecular complexity index is 202. The molecular formula is C14H30N2S. The molecule has 0 radical (unpaired) electrons. The van der Waals surface area contributed by atoms with E-state index in [2.05, 4.69) is 30.0 Å². The van der Waals surface area contributed by atoms with E-state index >= 15 is 0 Å². The molecule has 0 N–H and O–H groups in total. The van der Waals surface area contributed by atoms with Crippen molar-refractivity contribution in [2.45, 2.75) is 52.7 Å². The Morgan fingerprint density at radius 3 is 2.06 bits per heavy atom. The zero-order valence-electron chi connectivity index (χ0n) is 12.3. The highest BCUT2D eigenvalue weighted by Crippen LogP contribution is 2.43. The number of likely N-dealkylation sites (tertiary alicyclic amines) is 1. The van der Waals surface area contributed by atoms with Crippen molar-refractivity contribution >= 4 is 11.9 Å². The Labute approximate surface area is 112 Å². The van der Waals surface area contributed by atoms with Gasteiger partial charge in [0.2, 0.25) is 0 Å². The normalized spacial score (nSPS) is 24.4. The fourth-order valence-corrected chi connectivity index (χ4v) is 4.03. The van der Waals surface area contributed by atoms with Crippen LogP contribution in [0.15, 0.2) is 0 Å². The van der Waals surface area contributed by atoms with Gasteiger partial charge in [-0.3, -0.25) is 0 Å². The maximum atomic E-state index is 2.59. The SMILES string of the molecule is CC.CCN1CCC2(CC1)CN(SC(C)C)C2. The summed E-state index contributed by atoms with van der Waals surface area (Å²) in [6.07, 6.45) is 2.85. The zero-order valence-corrected chi connectivity index (χ0v) is 13.1. The molecule has 2 aliphatic rings. The molecule has 2 saturated heterocycles. The number of hydrogen-bond donors (Lipinski definition) is 0. The lowest BCUT2D eigenvalue weighted by Crippen LogP contribution is -2.58. The van der Waals surface area contributed by atoms with Crippen LogP contribution in [0.2, 0.25) is 0 Å². The van der Waals surface area contributed by atoms with Crippen LogP contribution in [0.1, 0.15) is 47.5 Å². The Kier molecular flexibility index (Phi) is 6.32. The van der Waals surface area contributed by atoms with Gasteiger partial charge in [0.15, 0.2) is 0 Å². The van der Waals surface area contributed by atoms with Gasteiger partial charge in [-0.15, -0.1) is 0 Å². The molecule has 2 aliphatic heterocycles. The fraction of sp³-hybridized carbons (Fsp3) is 1.00. The van der Waals surface area contributed by atoms with E-state index in [1.807, 2.05) is 25.8 Å². The number of hydrogen-bond acceptors (Lipinski definition) is 3. The monoisotopic (exact) mass is 258 g/mol. The molecule has 0 atom stereocenters. The van der Waals surface area contributed by atoms with Gasteiger partial charge in [-0.05, 0) is 32.5 Å². The summed E-state index contributed by atoms with van der Waals surface area (Å²) in [5.74, 6) is 0. The lowest BCUT2D eigenvalue weighted by molar-refractivity contribution is 0.00768. The summed E-state index contributed by atoms with van der Waals surface area (Å²) in [6, 6.07) is 0. The molecule has 0 aromatic carbocycles. The molecule has 0 aromatic rings. The molecule has 17 heavy (non-hydrogen) atoms. The lowest BCUT2D eigenvalue weighted by atomic mass is 9.73. The first-order chi connectivity index (χ1) is 8.13. The molecule has 0 aliphatic carbocycles. The van der Waals surface area contributed by atoms with Crippen LogP contribution in [0.5, 0.6) is 0 Å². The van der Waals surface area contributed by atoms with Gasteiger partial charge >= 0.3 is 0 Å². The Morgan fingerprint density at radius 1 is 1.12 bits per heavy atom. The molecule has 2 rings (SSSR count). The average molecular weight is 258 g/mol. The van der Waals surface area contributed by atoms with E-state index in [4.69, 9.17) is 0 Å². The highest BCUT2D eigenvalue weighted by atomic mass is 32.2. The molecule has 2 nitrogen and oxygen atoms in total. The van der Waals surface area contributed by atoms with E-state index in [0.29, 0.717) is 5.41 Å². The van der Waals surface area contributed by atoms with Crippen LogP contribution in [-0.2, 0) is 0 Å². The Balaban J connectivity index is 0.000000686. The lowest BCUT2D eigenvalue weighted by Gasteiger charge is -2.53. The molecule has 0 aromatic heterocycles. The van der Waals surface area contributed by atoms with E-state index in [1.54, 1.807) is 0 Å². The second-order valence-corrected chi connectivity index (χ2v) is 7.06. The molecule has 1 spiro atoms. The number of nitrogens with zero attached hydrogens (tertiary/aromatic N) is 2. The van der Waals surface area contributed by atoms with Gasteiger partial charge in [0.1, 0.15) is 0 Å². The molecular weight excluding hydrogens is 228 g/mol. The first-order valence-electron chi connectivity index (χ1n) is 7.28. The largest absolute Gasteiger partial charge is 0.304 e. The first kappa shape index (κ1) is 15.3. The van der Waals surface area contributed by atoms with Crippen molar-refractivity contribution in [2.24, 2.45) is 5.41 Å². The van der Waals surface area contributed by atoms with E-state index in [-0.39, 0.29) is 0 Å². The summed E-state index contributed by atoms with van der Waals surface area (Å²) in [6.45, 7) is 17.4. The standard InChI is InChI=1S/C12H24N2S.C2H6/c1-4-13-7-5-12(6-8-13)9-14(10-12)15-11(2)3;1-2/h11H,4-10H2,1-3H3;1-2H3. The summed E-state index contributed by atoms with van der Waals surface area (Å²) >= 11 is 2.04. The van der Waals surface area contributed by atoms with Gasteiger partial charge in [-0.25, -0.2) is 4.31 Å². The molecule has 2 fully saturated rings. The second kappa shape index (κ2) is 7.01. The molecule has 102 valence electrons. The summed E-state index contributed by atoms with van der Waals surface area (Å²) in [5.41, 5.74) is 0.702. The molecule has 0 amide bonds. The Morgan fingerprint density at radius 2 is 1.65 bits per heavy atom. The summed E-state index contributed by atoms with van der Waals surface area (Å²) in [4.78, 5) is 2.59. The third kappa shape index (κ3) is 4.15. The minimum Gasteiger partial charge on any atom is -0.304 e. The van der Waals surface area contributed by atoms with Gasteiger partial charge in [0.05, 0.1) is 0 Å². The average Bonchev–Trinajstić information content (AvgIpc) is 2.30. The van der Waals surface area contributed by atoms with Crippen molar-refractivity contribution in [3.63, 3.8) is 0 Å². The van der Waals surface area contributed by atoms with E-state index < -0.39 is 0 Å². The fourth-order valence-electron chi connectivity index (χ4n) is 2.73. The third-order valence-electron chi connectivity index (χ3n) is 3.75. The second-order valence-electron chi connectivity index (χ2n) is 5.39. The number of piperidine rings is 1. The highest BCUT2D eigenvalue weighted by Gasteiger charge is 2.44. The summed E-state index contributed by atoms with van der Waals surface area (Å²) in [5, 5.41) is 0.748. The minimum absolute atomic E-state index is 0.702. The van der Waals surface area contributed by atoms with Crippen molar-refractivity contribution in [1.82, 2.24) is 9.21 Å². The van der Waals surface area contributed by atoms with Crippen molar-refractivity contribution in [1.29, 1.82) is 0 Å². The van der Waals surface area contributed by atoms with Gasteiger partial charge in [-0.1, -0.05) is 46.6 Å². The van der Waals surface area contributed by atoms with Crippen LogP contribution in [0, 0.1) is 5.41 Å². The van der Waals surface area contributed by atoms with Crippen molar-refractivity contribution in [3.8, 4) is 0 Å². The Hall–Kier alpha value is 0.270. The van der Waals surface area contributed by atoms with Crippen molar-refractivity contribution < 1.29 is 0 Å². The minimum atomic E-state index is 0.702. The van der Waals surface area contributed by atoms with Crippen LogP contribution in [0.4, 0.5) is 0 Å². The highest BCUT2D eigenvalue weighted by molar-refractivity contribution is 7.97.